The second-order valence-electron chi connectivity index (χ2n) is 6.96. The first-order valence-electron chi connectivity index (χ1n) is 9.47. The molecule has 1 atom stereocenters. The second kappa shape index (κ2) is 10.1. The summed E-state index contributed by atoms with van der Waals surface area (Å²) in [4.78, 5) is 6.81. The highest BCUT2D eigenvalue weighted by Gasteiger charge is 2.29. The van der Waals surface area contributed by atoms with Crippen LogP contribution in [0.25, 0.3) is 0 Å². The molecule has 1 aliphatic heterocycles. The Morgan fingerprint density at radius 3 is 2.64 bits per heavy atom. The molecule has 1 saturated heterocycles. The highest BCUT2D eigenvalue weighted by atomic mass is 32.2. The van der Waals surface area contributed by atoms with Crippen LogP contribution in [0, 0.1) is 0 Å². The minimum absolute atomic E-state index is 0.349. The Morgan fingerprint density at radius 1 is 1.24 bits per heavy atom. The highest BCUT2D eigenvalue weighted by molar-refractivity contribution is 8.00. The molecule has 0 aliphatic carbocycles. The van der Waals surface area contributed by atoms with Gasteiger partial charge in [0.15, 0.2) is 5.96 Å². The lowest BCUT2D eigenvalue weighted by Gasteiger charge is -2.24. The van der Waals surface area contributed by atoms with Crippen LogP contribution in [-0.4, -0.2) is 48.0 Å². The van der Waals surface area contributed by atoms with Gasteiger partial charge in [-0.25, -0.2) is 0 Å². The van der Waals surface area contributed by atoms with E-state index in [0.717, 1.165) is 38.7 Å². The van der Waals surface area contributed by atoms with E-state index < -0.39 is 0 Å². The van der Waals surface area contributed by atoms with Crippen molar-refractivity contribution in [1.29, 1.82) is 0 Å². The molecule has 0 aromatic heterocycles. The molecule has 4 nitrogen and oxygen atoms in total. The number of thioether (sulfide) groups is 1. The Hall–Kier alpha value is -1.20. The average molecular weight is 363 g/mol. The Balaban J connectivity index is 1.84. The van der Waals surface area contributed by atoms with Gasteiger partial charge in [0.2, 0.25) is 0 Å². The van der Waals surface area contributed by atoms with Crippen molar-refractivity contribution >= 4 is 17.7 Å². The summed E-state index contributed by atoms with van der Waals surface area (Å²) in [5, 5.41) is 6.95. The van der Waals surface area contributed by atoms with Crippen LogP contribution >= 0.6 is 11.8 Å². The molecule has 0 spiro atoms. The molecule has 1 aromatic rings. The number of nitrogens with one attached hydrogen (secondary N) is 2. The van der Waals surface area contributed by atoms with E-state index in [4.69, 9.17) is 0 Å². The summed E-state index contributed by atoms with van der Waals surface area (Å²) in [6.07, 6.45) is 2.61. The number of hydrogen-bond donors (Lipinski definition) is 2. The molecule has 2 rings (SSSR count). The van der Waals surface area contributed by atoms with Gasteiger partial charge in [-0.15, -0.1) is 0 Å². The maximum absolute atomic E-state index is 4.37. The predicted molar refractivity (Wildman–Crippen MR) is 111 cm³/mol. The zero-order valence-electron chi connectivity index (χ0n) is 16.3. The van der Waals surface area contributed by atoms with Gasteiger partial charge in [-0.05, 0) is 49.7 Å². The van der Waals surface area contributed by atoms with Crippen molar-refractivity contribution in [2.45, 2.75) is 51.4 Å². The van der Waals surface area contributed by atoms with Gasteiger partial charge in [0.05, 0.1) is 0 Å². The van der Waals surface area contributed by atoms with Gasteiger partial charge in [-0.3, -0.25) is 9.89 Å². The van der Waals surface area contributed by atoms with Crippen molar-refractivity contribution in [1.82, 2.24) is 15.5 Å². The molecule has 25 heavy (non-hydrogen) atoms. The summed E-state index contributed by atoms with van der Waals surface area (Å²) in [6, 6.07) is 8.85. The molecule has 140 valence electrons. The standard InChI is InChI=1S/C20H34N4S/c1-5-24(6-2)15-18-10-7-9-17(13-18)14-22-19(21-4)23-16-20(3)11-8-12-25-20/h7,9-10,13H,5-6,8,11-12,14-16H2,1-4H3,(H2,21,22,23). The van der Waals surface area contributed by atoms with Crippen molar-refractivity contribution in [2.24, 2.45) is 4.99 Å². The first-order chi connectivity index (χ1) is 12.1. The molecule has 5 heteroatoms. The molecule has 1 fully saturated rings. The van der Waals surface area contributed by atoms with Crippen molar-refractivity contribution in [2.75, 3.05) is 32.4 Å². The van der Waals surface area contributed by atoms with Crippen LogP contribution in [0.5, 0.6) is 0 Å². The van der Waals surface area contributed by atoms with Crippen molar-refractivity contribution in [3.63, 3.8) is 0 Å². The SMILES string of the molecule is CCN(CC)Cc1cccc(CNC(=NC)NCC2(C)CCCS2)c1. The molecule has 1 aromatic carbocycles. The van der Waals surface area contributed by atoms with Crippen LogP contribution in [0.3, 0.4) is 0 Å². The first-order valence-corrected chi connectivity index (χ1v) is 10.5. The minimum Gasteiger partial charge on any atom is -0.355 e. The smallest absolute Gasteiger partial charge is 0.191 e. The maximum atomic E-state index is 4.37. The largest absolute Gasteiger partial charge is 0.355 e. The lowest BCUT2D eigenvalue weighted by Crippen LogP contribution is -2.43. The Morgan fingerprint density at radius 2 is 2.00 bits per heavy atom. The van der Waals surface area contributed by atoms with Crippen LogP contribution in [0.1, 0.15) is 44.7 Å². The molecule has 0 amide bonds. The van der Waals surface area contributed by atoms with Crippen LogP contribution in [0.2, 0.25) is 0 Å². The van der Waals surface area contributed by atoms with E-state index in [-0.39, 0.29) is 0 Å². The number of hydrogen-bond acceptors (Lipinski definition) is 3. The van der Waals surface area contributed by atoms with E-state index in [1.807, 2.05) is 7.05 Å². The van der Waals surface area contributed by atoms with E-state index in [9.17, 15) is 0 Å². The Labute approximate surface area is 157 Å². The van der Waals surface area contributed by atoms with E-state index in [0.29, 0.717) is 4.75 Å². The normalized spacial score (nSPS) is 20.9. The van der Waals surface area contributed by atoms with Gasteiger partial charge >= 0.3 is 0 Å². The van der Waals surface area contributed by atoms with Gasteiger partial charge in [-0.1, -0.05) is 38.1 Å². The van der Waals surface area contributed by atoms with E-state index >= 15 is 0 Å². The van der Waals surface area contributed by atoms with Gasteiger partial charge < -0.3 is 10.6 Å². The third-order valence-electron chi connectivity index (χ3n) is 4.91. The van der Waals surface area contributed by atoms with Gasteiger partial charge in [0.1, 0.15) is 0 Å². The summed E-state index contributed by atoms with van der Waals surface area (Å²) in [5.74, 6) is 2.17. The fourth-order valence-electron chi connectivity index (χ4n) is 3.20. The van der Waals surface area contributed by atoms with E-state index in [1.54, 1.807) is 0 Å². The molecule has 2 N–H and O–H groups in total. The fraction of sp³-hybridized carbons (Fsp3) is 0.650. The zero-order valence-corrected chi connectivity index (χ0v) is 17.1. The van der Waals surface area contributed by atoms with Crippen molar-refractivity contribution < 1.29 is 0 Å². The lowest BCUT2D eigenvalue weighted by atomic mass is 10.1. The van der Waals surface area contributed by atoms with E-state index in [2.05, 4.69) is 77.3 Å². The highest BCUT2D eigenvalue weighted by Crippen LogP contribution is 2.36. The molecule has 0 radical (unpaired) electrons. The lowest BCUT2D eigenvalue weighted by molar-refractivity contribution is 0.296. The summed E-state index contributed by atoms with van der Waals surface area (Å²) in [5.41, 5.74) is 2.68. The number of aliphatic imine (C=N–C) groups is 1. The number of rotatable bonds is 8. The topological polar surface area (TPSA) is 39.7 Å². The summed E-state index contributed by atoms with van der Waals surface area (Å²) in [6.45, 7) is 11.8. The number of benzene rings is 1. The number of guanidine groups is 1. The monoisotopic (exact) mass is 362 g/mol. The summed E-state index contributed by atoms with van der Waals surface area (Å²) >= 11 is 2.07. The van der Waals surface area contributed by atoms with Crippen LogP contribution in [-0.2, 0) is 13.1 Å². The summed E-state index contributed by atoms with van der Waals surface area (Å²) in [7, 11) is 1.84. The van der Waals surface area contributed by atoms with Gasteiger partial charge in [-0.2, -0.15) is 11.8 Å². The van der Waals surface area contributed by atoms with Crippen molar-refractivity contribution in [3.05, 3.63) is 35.4 Å². The van der Waals surface area contributed by atoms with E-state index in [1.165, 1.54) is 29.7 Å². The molecular weight excluding hydrogens is 328 g/mol. The first kappa shape index (κ1) is 20.1. The second-order valence-corrected chi connectivity index (χ2v) is 8.65. The summed E-state index contributed by atoms with van der Waals surface area (Å²) < 4.78 is 0.349. The maximum Gasteiger partial charge on any atom is 0.191 e. The minimum atomic E-state index is 0.349. The molecule has 1 aliphatic rings. The quantitative estimate of drug-likeness (QED) is 0.549. The average Bonchev–Trinajstić information content (AvgIpc) is 3.07. The van der Waals surface area contributed by atoms with Gasteiger partial charge in [0.25, 0.3) is 0 Å². The number of nitrogens with zero attached hydrogens (tertiary/aromatic N) is 2. The zero-order chi connectivity index (χ0) is 18.1. The molecular formula is C20H34N4S. The van der Waals surface area contributed by atoms with Crippen molar-refractivity contribution in [3.8, 4) is 0 Å². The van der Waals surface area contributed by atoms with Crippen LogP contribution < -0.4 is 10.6 Å². The Bertz CT molecular complexity index is 548. The fourth-order valence-corrected chi connectivity index (χ4v) is 4.44. The molecule has 0 saturated carbocycles. The Kier molecular flexibility index (Phi) is 8.10. The third kappa shape index (κ3) is 6.55. The molecule has 1 heterocycles. The third-order valence-corrected chi connectivity index (χ3v) is 6.44. The van der Waals surface area contributed by atoms with Crippen LogP contribution in [0.4, 0.5) is 0 Å². The molecule has 0 bridgehead atoms. The predicted octanol–water partition coefficient (Wildman–Crippen LogP) is 3.48. The van der Waals surface area contributed by atoms with Crippen LogP contribution in [0.15, 0.2) is 29.3 Å². The molecule has 1 unspecified atom stereocenters. The van der Waals surface area contributed by atoms with Gasteiger partial charge in [0, 0.05) is 31.4 Å².